The van der Waals surface area contributed by atoms with Crippen LogP contribution in [0.2, 0.25) is 0 Å². The molecule has 0 aromatic carbocycles. The van der Waals surface area contributed by atoms with Crippen molar-refractivity contribution in [3.05, 3.63) is 23.9 Å². The Morgan fingerprint density at radius 3 is 3.00 bits per heavy atom. The Hall–Kier alpha value is -1.58. The molecule has 1 N–H and O–H groups in total. The van der Waals surface area contributed by atoms with E-state index in [-0.39, 0.29) is 5.91 Å². The number of carbonyl (C=O) groups excluding carboxylic acids is 1. The molecule has 0 aliphatic carbocycles. The summed E-state index contributed by atoms with van der Waals surface area (Å²) in [6.07, 6.45) is 7.46. The fourth-order valence-electron chi connectivity index (χ4n) is 2.91. The van der Waals surface area contributed by atoms with Gasteiger partial charge in [-0.25, -0.2) is 4.98 Å². The second-order valence-corrected chi connectivity index (χ2v) is 5.82. The van der Waals surface area contributed by atoms with Crippen LogP contribution in [0.3, 0.4) is 0 Å². The third-order valence-electron chi connectivity index (χ3n) is 4.29. The van der Waals surface area contributed by atoms with Crippen LogP contribution in [0.5, 0.6) is 0 Å². The van der Waals surface area contributed by atoms with Crippen LogP contribution in [0, 0.1) is 5.92 Å². The number of rotatable bonds is 5. The minimum absolute atomic E-state index is 0.124. The molecule has 116 valence electrons. The van der Waals surface area contributed by atoms with Crippen molar-refractivity contribution in [1.29, 1.82) is 0 Å². The number of nitrogens with zero attached hydrogens (tertiary/aromatic N) is 2. The predicted octanol–water partition coefficient (Wildman–Crippen LogP) is 3.56. The molecule has 0 bridgehead atoms. The number of aromatic nitrogens is 1. The smallest absolute Gasteiger partial charge is 0.257 e. The number of pyridine rings is 1. The molecule has 21 heavy (non-hydrogen) atoms. The van der Waals surface area contributed by atoms with Crippen molar-refractivity contribution in [2.24, 2.45) is 5.92 Å². The van der Waals surface area contributed by atoms with Gasteiger partial charge in [-0.15, -0.1) is 0 Å². The van der Waals surface area contributed by atoms with Gasteiger partial charge in [-0.3, -0.25) is 4.79 Å². The van der Waals surface area contributed by atoms with E-state index in [0.717, 1.165) is 50.6 Å². The van der Waals surface area contributed by atoms with Crippen LogP contribution >= 0.6 is 0 Å². The molecular formula is C17H27N3O. The van der Waals surface area contributed by atoms with Crippen molar-refractivity contribution >= 4 is 11.7 Å². The first-order valence-corrected chi connectivity index (χ1v) is 8.24. The minimum atomic E-state index is 0.124. The summed E-state index contributed by atoms with van der Waals surface area (Å²) in [6, 6.07) is 3.73. The van der Waals surface area contributed by atoms with Gasteiger partial charge in [0.15, 0.2) is 0 Å². The fraction of sp³-hybridized carbons (Fsp3) is 0.647. The molecule has 1 unspecified atom stereocenters. The normalized spacial score (nSPS) is 19.1. The zero-order chi connectivity index (χ0) is 15.1. The van der Waals surface area contributed by atoms with Gasteiger partial charge in [-0.1, -0.05) is 20.3 Å². The standard InChI is InChI=1S/C17H27N3O/c1-3-10-18-16-15(8-5-11-19-16)17(21)20-12-6-7-14(4-2)9-13-20/h5,8,11,14H,3-4,6-7,9-10,12-13H2,1-2H3,(H,18,19). The molecule has 4 nitrogen and oxygen atoms in total. The molecule has 1 aliphatic rings. The highest BCUT2D eigenvalue weighted by Crippen LogP contribution is 2.22. The summed E-state index contributed by atoms with van der Waals surface area (Å²) in [5.74, 6) is 1.62. The number of nitrogens with one attached hydrogen (secondary N) is 1. The first kappa shape index (κ1) is 15.8. The van der Waals surface area contributed by atoms with Gasteiger partial charge in [0.1, 0.15) is 5.82 Å². The molecule has 1 amide bonds. The Balaban J connectivity index is 2.08. The van der Waals surface area contributed by atoms with E-state index in [0.29, 0.717) is 5.56 Å². The summed E-state index contributed by atoms with van der Waals surface area (Å²) < 4.78 is 0. The van der Waals surface area contributed by atoms with Crippen LogP contribution in [-0.4, -0.2) is 35.4 Å². The Morgan fingerprint density at radius 2 is 2.24 bits per heavy atom. The van der Waals surface area contributed by atoms with E-state index >= 15 is 0 Å². The fourth-order valence-corrected chi connectivity index (χ4v) is 2.91. The van der Waals surface area contributed by atoms with Gasteiger partial charge in [0.25, 0.3) is 5.91 Å². The zero-order valence-corrected chi connectivity index (χ0v) is 13.3. The highest BCUT2D eigenvalue weighted by atomic mass is 16.2. The first-order chi connectivity index (χ1) is 10.3. The SMILES string of the molecule is CCCNc1ncccc1C(=O)N1CCCC(CC)CC1. The topological polar surface area (TPSA) is 45.2 Å². The summed E-state index contributed by atoms with van der Waals surface area (Å²) in [5.41, 5.74) is 0.709. The average molecular weight is 289 g/mol. The average Bonchev–Trinajstić information content (AvgIpc) is 2.78. The van der Waals surface area contributed by atoms with Crippen LogP contribution in [0.4, 0.5) is 5.82 Å². The number of carbonyl (C=O) groups is 1. The molecule has 1 fully saturated rings. The Labute approximate surface area is 127 Å². The summed E-state index contributed by atoms with van der Waals surface area (Å²) in [6.45, 7) is 6.94. The third kappa shape index (κ3) is 4.19. The largest absolute Gasteiger partial charge is 0.369 e. The lowest BCUT2D eigenvalue weighted by Crippen LogP contribution is -2.32. The van der Waals surface area contributed by atoms with E-state index in [1.807, 2.05) is 17.0 Å². The van der Waals surface area contributed by atoms with Gasteiger partial charge < -0.3 is 10.2 Å². The summed E-state index contributed by atoms with van der Waals surface area (Å²) in [4.78, 5) is 19.1. The van der Waals surface area contributed by atoms with E-state index in [1.54, 1.807) is 6.20 Å². The number of anilines is 1. The van der Waals surface area contributed by atoms with Gasteiger partial charge in [-0.05, 0) is 43.7 Å². The van der Waals surface area contributed by atoms with Crippen molar-refractivity contribution in [1.82, 2.24) is 9.88 Å². The first-order valence-electron chi connectivity index (χ1n) is 8.24. The van der Waals surface area contributed by atoms with Crippen molar-refractivity contribution in [2.75, 3.05) is 25.0 Å². The lowest BCUT2D eigenvalue weighted by Gasteiger charge is -2.22. The molecule has 1 aliphatic heterocycles. The second-order valence-electron chi connectivity index (χ2n) is 5.82. The Bertz CT molecular complexity index is 461. The van der Waals surface area contributed by atoms with Crippen LogP contribution < -0.4 is 5.32 Å². The van der Waals surface area contributed by atoms with Gasteiger partial charge >= 0.3 is 0 Å². The molecule has 0 spiro atoms. The number of hydrogen-bond acceptors (Lipinski definition) is 3. The lowest BCUT2D eigenvalue weighted by molar-refractivity contribution is 0.0760. The molecule has 1 aromatic rings. The van der Waals surface area contributed by atoms with Crippen LogP contribution in [-0.2, 0) is 0 Å². The maximum absolute atomic E-state index is 12.8. The molecule has 1 atom stereocenters. The van der Waals surface area contributed by atoms with Crippen molar-refractivity contribution in [3.8, 4) is 0 Å². The maximum Gasteiger partial charge on any atom is 0.257 e. The van der Waals surface area contributed by atoms with Crippen LogP contribution in [0.1, 0.15) is 56.3 Å². The van der Waals surface area contributed by atoms with Crippen molar-refractivity contribution in [3.63, 3.8) is 0 Å². The van der Waals surface area contributed by atoms with Crippen molar-refractivity contribution < 1.29 is 4.79 Å². The van der Waals surface area contributed by atoms with Gasteiger partial charge in [-0.2, -0.15) is 0 Å². The Kier molecular flexibility index (Phi) is 6.03. The van der Waals surface area contributed by atoms with Gasteiger partial charge in [0.2, 0.25) is 0 Å². The molecule has 4 heteroatoms. The summed E-state index contributed by atoms with van der Waals surface area (Å²) >= 11 is 0. The minimum Gasteiger partial charge on any atom is -0.369 e. The number of hydrogen-bond donors (Lipinski definition) is 1. The highest BCUT2D eigenvalue weighted by molar-refractivity contribution is 5.98. The summed E-state index contributed by atoms with van der Waals surface area (Å²) in [7, 11) is 0. The maximum atomic E-state index is 12.8. The van der Waals surface area contributed by atoms with E-state index in [1.165, 1.54) is 12.8 Å². The Morgan fingerprint density at radius 1 is 1.38 bits per heavy atom. The van der Waals surface area contributed by atoms with Crippen LogP contribution in [0.15, 0.2) is 18.3 Å². The molecule has 1 saturated heterocycles. The highest BCUT2D eigenvalue weighted by Gasteiger charge is 2.22. The van der Waals surface area contributed by atoms with Crippen LogP contribution in [0.25, 0.3) is 0 Å². The van der Waals surface area contributed by atoms with E-state index in [2.05, 4.69) is 24.1 Å². The molecular weight excluding hydrogens is 262 g/mol. The molecule has 2 rings (SSSR count). The van der Waals surface area contributed by atoms with Gasteiger partial charge in [0, 0.05) is 25.8 Å². The van der Waals surface area contributed by atoms with Gasteiger partial charge in [0.05, 0.1) is 5.56 Å². The van der Waals surface area contributed by atoms with E-state index in [9.17, 15) is 4.79 Å². The number of likely N-dealkylation sites (tertiary alicyclic amines) is 1. The molecule has 0 radical (unpaired) electrons. The lowest BCUT2D eigenvalue weighted by atomic mass is 9.98. The van der Waals surface area contributed by atoms with Crippen molar-refractivity contribution in [2.45, 2.75) is 46.0 Å². The quantitative estimate of drug-likeness (QED) is 0.901. The zero-order valence-electron chi connectivity index (χ0n) is 13.3. The molecule has 1 aromatic heterocycles. The second kappa shape index (κ2) is 8.01. The summed E-state index contributed by atoms with van der Waals surface area (Å²) in [5, 5.41) is 3.26. The third-order valence-corrected chi connectivity index (χ3v) is 4.29. The van der Waals surface area contributed by atoms with E-state index in [4.69, 9.17) is 0 Å². The molecule has 2 heterocycles. The monoisotopic (exact) mass is 289 g/mol. The predicted molar refractivity (Wildman–Crippen MR) is 86.6 cm³/mol. The number of amides is 1. The molecule has 0 saturated carbocycles. The van der Waals surface area contributed by atoms with E-state index < -0.39 is 0 Å².